The molecule has 3 aromatic carbocycles. The minimum absolute atomic E-state index is 0.117. The Morgan fingerprint density at radius 1 is 0.964 bits per heavy atom. The SMILES string of the molecule is Cc1ccccc1COc1c(-c2ccccc2Cl)oc2ccc(Cl)cc2c1=O. The van der Waals surface area contributed by atoms with E-state index in [4.69, 9.17) is 32.4 Å². The fourth-order valence-corrected chi connectivity index (χ4v) is 3.42. The second-order valence-electron chi connectivity index (χ2n) is 6.42. The summed E-state index contributed by atoms with van der Waals surface area (Å²) in [4.78, 5) is 13.2. The Balaban J connectivity index is 1.90. The molecule has 140 valence electrons. The van der Waals surface area contributed by atoms with Crippen molar-refractivity contribution in [3.63, 3.8) is 0 Å². The summed E-state index contributed by atoms with van der Waals surface area (Å²) >= 11 is 12.4. The molecule has 4 rings (SSSR count). The van der Waals surface area contributed by atoms with Crippen LogP contribution in [0.2, 0.25) is 10.0 Å². The number of fused-ring (bicyclic) bond motifs is 1. The zero-order valence-corrected chi connectivity index (χ0v) is 16.6. The molecule has 0 radical (unpaired) electrons. The van der Waals surface area contributed by atoms with E-state index in [2.05, 4.69) is 0 Å². The summed E-state index contributed by atoms with van der Waals surface area (Å²) in [5, 5.41) is 1.29. The van der Waals surface area contributed by atoms with Crippen molar-refractivity contribution in [3.05, 3.63) is 98.1 Å². The average Bonchev–Trinajstić information content (AvgIpc) is 2.69. The summed E-state index contributed by atoms with van der Waals surface area (Å²) in [6, 6.07) is 20.0. The first-order valence-corrected chi connectivity index (χ1v) is 9.49. The van der Waals surface area contributed by atoms with E-state index in [0.29, 0.717) is 32.3 Å². The van der Waals surface area contributed by atoms with Crippen molar-refractivity contribution in [1.82, 2.24) is 0 Å². The molecule has 1 aromatic heterocycles. The molecule has 0 aliphatic heterocycles. The number of hydrogen-bond donors (Lipinski definition) is 0. The lowest BCUT2D eigenvalue weighted by Gasteiger charge is -2.13. The van der Waals surface area contributed by atoms with Gasteiger partial charge in [0.2, 0.25) is 11.2 Å². The number of hydrogen-bond acceptors (Lipinski definition) is 3. The van der Waals surface area contributed by atoms with Gasteiger partial charge in [-0.05, 0) is 48.4 Å². The average molecular weight is 411 g/mol. The van der Waals surface area contributed by atoms with Crippen molar-refractivity contribution in [2.24, 2.45) is 0 Å². The molecule has 0 spiro atoms. The Hall–Kier alpha value is -2.75. The van der Waals surface area contributed by atoms with Gasteiger partial charge in [0, 0.05) is 10.6 Å². The molecular weight excluding hydrogens is 395 g/mol. The van der Waals surface area contributed by atoms with Gasteiger partial charge in [0.1, 0.15) is 12.2 Å². The van der Waals surface area contributed by atoms with Gasteiger partial charge >= 0.3 is 0 Å². The third kappa shape index (κ3) is 3.51. The molecule has 28 heavy (non-hydrogen) atoms. The molecule has 0 fully saturated rings. The number of benzene rings is 3. The van der Waals surface area contributed by atoms with Crippen LogP contribution in [0, 0.1) is 6.92 Å². The summed E-state index contributed by atoms with van der Waals surface area (Å²) in [6.07, 6.45) is 0. The van der Waals surface area contributed by atoms with Crippen molar-refractivity contribution in [3.8, 4) is 17.1 Å². The van der Waals surface area contributed by atoms with Crippen LogP contribution in [-0.4, -0.2) is 0 Å². The minimum atomic E-state index is -0.285. The molecule has 0 saturated heterocycles. The van der Waals surface area contributed by atoms with E-state index >= 15 is 0 Å². The summed E-state index contributed by atoms with van der Waals surface area (Å²) in [6.45, 7) is 2.23. The van der Waals surface area contributed by atoms with Crippen LogP contribution in [0.1, 0.15) is 11.1 Å². The lowest BCUT2D eigenvalue weighted by Crippen LogP contribution is -2.11. The Morgan fingerprint density at radius 2 is 1.71 bits per heavy atom. The third-order valence-electron chi connectivity index (χ3n) is 4.56. The highest BCUT2D eigenvalue weighted by molar-refractivity contribution is 6.33. The van der Waals surface area contributed by atoms with Crippen molar-refractivity contribution < 1.29 is 9.15 Å². The van der Waals surface area contributed by atoms with Crippen LogP contribution >= 0.6 is 23.2 Å². The first kappa shape index (κ1) is 18.6. The molecule has 0 atom stereocenters. The van der Waals surface area contributed by atoms with Crippen molar-refractivity contribution in [1.29, 1.82) is 0 Å². The van der Waals surface area contributed by atoms with Crippen LogP contribution in [0.15, 0.2) is 75.9 Å². The maximum absolute atomic E-state index is 13.2. The quantitative estimate of drug-likeness (QED) is 0.377. The highest BCUT2D eigenvalue weighted by atomic mass is 35.5. The van der Waals surface area contributed by atoms with Crippen LogP contribution in [0.4, 0.5) is 0 Å². The van der Waals surface area contributed by atoms with Gasteiger partial charge in [-0.2, -0.15) is 0 Å². The van der Waals surface area contributed by atoms with Crippen molar-refractivity contribution in [2.45, 2.75) is 13.5 Å². The van der Waals surface area contributed by atoms with Gasteiger partial charge in [0.25, 0.3) is 0 Å². The topological polar surface area (TPSA) is 39.4 Å². The maximum Gasteiger partial charge on any atom is 0.235 e. The van der Waals surface area contributed by atoms with Crippen LogP contribution in [0.25, 0.3) is 22.3 Å². The molecule has 4 aromatic rings. The molecule has 3 nitrogen and oxygen atoms in total. The van der Waals surface area contributed by atoms with Crippen LogP contribution < -0.4 is 10.2 Å². The van der Waals surface area contributed by atoms with Gasteiger partial charge in [-0.25, -0.2) is 0 Å². The monoisotopic (exact) mass is 410 g/mol. The third-order valence-corrected chi connectivity index (χ3v) is 5.13. The molecule has 0 saturated carbocycles. The van der Waals surface area contributed by atoms with Gasteiger partial charge < -0.3 is 9.15 Å². The molecule has 0 unspecified atom stereocenters. The summed E-state index contributed by atoms with van der Waals surface area (Å²) in [7, 11) is 0. The molecule has 0 bridgehead atoms. The molecule has 0 amide bonds. The molecule has 0 aliphatic rings. The second kappa shape index (κ2) is 7.70. The van der Waals surface area contributed by atoms with E-state index in [9.17, 15) is 4.79 Å². The first-order chi connectivity index (χ1) is 13.5. The summed E-state index contributed by atoms with van der Waals surface area (Å²) in [5.41, 5.74) is 2.80. The van der Waals surface area contributed by atoms with E-state index in [1.54, 1.807) is 30.3 Å². The number of rotatable bonds is 4. The van der Waals surface area contributed by atoms with E-state index in [1.807, 2.05) is 43.3 Å². The Morgan fingerprint density at radius 3 is 2.50 bits per heavy atom. The van der Waals surface area contributed by atoms with Gasteiger partial charge in [-0.15, -0.1) is 0 Å². The van der Waals surface area contributed by atoms with Crippen molar-refractivity contribution >= 4 is 34.2 Å². The number of aryl methyl sites for hydroxylation is 1. The Kier molecular flexibility index (Phi) is 5.12. The largest absolute Gasteiger partial charge is 0.481 e. The van der Waals surface area contributed by atoms with E-state index in [0.717, 1.165) is 11.1 Å². The maximum atomic E-state index is 13.2. The van der Waals surface area contributed by atoms with Crippen molar-refractivity contribution in [2.75, 3.05) is 0 Å². The number of halogens is 2. The first-order valence-electron chi connectivity index (χ1n) is 8.73. The highest BCUT2D eigenvalue weighted by Gasteiger charge is 2.20. The lowest BCUT2D eigenvalue weighted by atomic mass is 10.1. The van der Waals surface area contributed by atoms with Gasteiger partial charge in [-0.3, -0.25) is 4.79 Å². The second-order valence-corrected chi connectivity index (χ2v) is 7.27. The Bertz CT molecular complexity index is 1230. The minimum Gasteiger partial charge on any atom is -0.481 e. The molecule has 0 N–H and O–H groups in total. The predicted molar refractivity (Wildman–Crippen MR) is 113 cm³/mol. The Labute approximate surface area is 172 Å². The lowest BCUT2D eigenvalue weighted by molar-refractivity contribution is 0.297. The zero-order valence-electron chi connectivity index (χ0n) is 15.0. The standard InChI is InChI=1S/C23H16Cl2O3/c1-14-6-2-3-7-15(14)13-27-23-21(26)18-12-16(24)10-11-20(18)28-22(23)17-8-4-5-9-19(17)25/h2-12H,13H2,1H3. The summed E-state index contributed by atoms with van der Waals surface area (Å²) in [5.74, 6) is 0.421. The van der Waals surface area contributed by atoms with Gasteiger partial charge in [0.15, 0.2) is 5.76 Å². The molecule has 0 aliphatic carbocycles. The molecule has 5 heteroatoms. The molecular formula is C23H16Cl2O3. The van der Waals surface area contributed by atoms with Crippen LogP contribution in [0.5, 0.6) is 5.75 Å². The highest BCUT2D eigenvalue weighted by Crippen LogP contribution is 2.36. The fraction of sp³-hybridized carbons (Fsp3) is 0.0870. The summed E-state index contributed by atoms with van der Waals surface area (Å²) < 4.78 is 12.0. The van der Waals surface area contributed by atoms with E-state index in [1.165, 1.54) is 0 Å². The van der Waals surface area contributed by atoms with E-state index < -0.39 is 0 Å². The van der Waals surface area contributed by atoms with Gasteiger partial charge in [-0.1, -0.05) is 59.6 Å². The van der Waals surface area contributed by atoms with Crippen LogP contribution in [0.3, 0.4) is 0 Å². The van der Waals surface area contributed by atoms with Crippen LogP contribution in [-0.2, 0) is 6.61 Å². The molecule has 1 heterocycles. The zero-order chi connectivity index (χ0) is 19.7. The normalized spacial score (nSPS) is 11.0. The predicted octanol–water partition coefficient (Wildman–Crippen LogP) is 6.65. The number of ether oxygens (including phenoxy) is 1. The van der Waals surface area contributed by atoms with E-state index in [-0.39, 0.29) is 17.8 Å². The smallest absolute Gasteiger partial charge is 0.235 e. The fourth-order valence-electron chi connectivity index (χ4n) is 3.03. The van der Waals surface area contributed by atoms with Gasteiger partial charge in [0.05, 0.1) is 10.4 Å².